The van der Waals surface area contributed by atoms with E-state index in [2.05, 4.69) is 6.92 Å². The zero-order valence-electron chi connectivity index (χ0n) is 18.3. The molecule has 0 bridgehead atoms. The lowest BCUT2D eigenvalue weighted by Crippen LogP contribution is -2.04. The van der Waals surface area contributed by atoms with Gasteiger partial charge in [-0.1, -0.05) is 26.7 Å². The molecule has 0 atom stereocenters. The van der Waals surface area contributed by atoms with Crippen LogP contribution in [-0.4, -0.2) is 51.1 Å². The number of ketones is 1. The molecule has 0 spiro atoms. The molecule has 0 unspecified atom stereocenters. The highest BCUT2D eigenvalue weighted by atomic mass is 16.5. The molecular formula is C22H42O6. The third-order valence-electron chi connectivity index (χ3n) is 3.34. The second-order valence-electron chi connectivity index (χ2n) is 6.31. The number of ether oxygens (including phenoxy) is 2. The van der Waals surface area contributed by atoms with Crippen LogP contribution in [0, 0.1) is 0 Å². The number of rotatable bonds is 18. The number of carbonyl (C=O) groups excluding carboxylic acids is 4. The Morgan fingerprint density at radius 2 is 1.14 bits per heavy atom. The summed E-state index contributed by atoms with van der Waals surface area (Å²) in [6, 6.07) is 0. The van der Waals surface area contributed by atoms with Crippen LogP contribution in [0.1, 0.15) is 91.4 Å². The predicted octanol–water partition coefficient (Wildman–Crippen LogP) is 4.51. The summed E-state index contributed by atoms with van der Waals surface area (Å²) in [6.45, 7) is 8.33. The topological polar surface area (TPSA) is 86.7 Å². The van der Waals surface area contributed by atoms with Crippen molar-refractivity contribution in [1.29, 1.82) is 0 Å². The third kappa shape index (κ3) is 44.2. The molecule has 0 aliphatic carbocycles. The van der Waals surface area contributed by atoms with Crippen molar-refractivity contribution >= 4 is 24.6 Å². The fraction of sp³-hybridized carbons (Fsp3) is 0.818. The first-order valence-corrected chi connectivity index (χ1v) is 10.6. The molecule has 0 aromatic carbocycles. The van der Waals surface area contributed by atoms with Crippen molar-refractivity contribution in [2.75, 3.05) is 26.4 Å². The van der Waals surface area contributed by atoms with Gasteiger partial charge in [0.15, 0.2) is 0 Å². The largest absolute Gasteiger partial charge is 0.381 e. The Labute approximate surface area is 171 Å². The molecular weight excluding hydrogens is 360 g/mol. The van der Waals surface area contributed by atoms with Crippen LogP contribution in [0.15, 0.2) is 0 Å². The van der Waals surface area contributed by atoms with Gasteiger partial charge in [0.25, 0.3) is 0 Å². The minimum absolute atomic E-state index is 0.210. The summed E-state index contributed by atoms with van der Waals surface area (Å²) >= 11 is 0. The summed E-state index contributed by atoms with van der Waals surface area (Å²) in [7, 11) is 0. The molecule has 0 aliphatic rings. The van der Waals surface area contributed by atoms with E-state index < -0.39 is 0 Å². The standard InChI is InChI=1S/C12H22O4.C6H12O.C4H8O/c1-12(14)6-4-9-16-11-5-10-15-8-3-2-7-13;1-2-3-4-5-6-7;1-2-3-4-5/h7H,2-6,8-11H2,1H3;6H,2-5H2,1H3;4H,2-3H2,1H3. The summed E-state index contributed by atoms with van der Waals surface area (Å²) in [6.07, 6.45) is 12.3. The lowest BCUT2D eigenvalue weighted by Gasteiger charge is -2.04. The summed E-state index contributed by atoms with van der Waals surface area (Å²) in [5.74, 6) is 0.210. The SMILES string of the molecule is CC(=O)CCCOCCCOCCCC=O.CCCC=O.CCCCCC=O. The number of Topliss-reactive ketones (excluding diaryl/α,β-unsaturated/α-hetero) is 1. The number of hydrogen-bond donors (Lipinski definition) is 0. The van der Waals surface area contributed by atoms with Crippen LogP contribution in [0.2, 0.25) is 0 Å². The van der Waals surface area contributed by atoms with Crippen molar-refractivity contribution in [3.63, 3.8) is 0 Å². The summed E-state index contributed by atoms with van der Waals surface area (Å²) in [5.41, 5.74) is 0. The quantitative estimate of drug-likeness (QED) is 0.248. The lowest BCUT2D eigenvalue weighted by molar-refractivity contribution is -0.117. The molecule has 0 heterocycles. The number of unbranched alkanes of at least 4 members (excludes halogenated alkanes) is 5. The fourth-order valence-corrected chi connectivity index (χ4v) is 1.75. The maximum atomic E-state index is 10.6. The predicted molar refractivity (Wildman–Crippen MR) is 113 cm³/mol. The molecule has 0 N–H and O–H groups in total. The average Bonchev–Trinajstić information content (AvgIpc) is 2.68. The van der Waals surface area contributed by atoms with Gasteiger partial charge in [-0.2, -0.15) is 0 Å². The molecule has 6 nitrogen and oxygen atoms in total. The first-order chi connectivity index (χ1) is 13.6. The highest BCUT2D eigenvalue weighted by Gasteiger charge is 1.94. The van der Waals surface area contributed by atoms with Gasteiger partial charge in [-0.25, -0.2) is 0 Å². The van der Waals surface area contributed by atoms with Crippen LogP contribution < -0.4 is 0 Å². The van der Waals surface area contributed by atoms with Gasteiger partial charge >= 0.3 is 0 Å². The molecule has 0 aliphatic heterocycles. The molecule has 6 heteroatoms. The third-order valence-corrected chi connectivity index (χ3v) is 3.34. The maximum Gasteiger partial charge on any atom is 0.129 e. The summed E-state index contributed by atoms with van der Waals surface area (Å²) in [5, 5.41) is 0. The van der Waals surface area contributed by atoms with Crippen LogP contribution >= 0.6 is 0 Å². The molecule has 0 fully saturated rings. The molecule has 0 aromatic heterocycles. The molecule has 0 rings (SSSR count). The zero-order chi connectivity index (χ0) is 21.7. The minimum atomic E-state index is 0.210. The first-order valence-electron chi connectivity index (χ1n) is 10.6. The molecule has 0 saturated carbocycles. The van der Waals surface area contributed by atoms with Crippen LogP contribution in [0.5, 0.6) is 0 Å². The molecule has 0 aromatic rings. The van der Waals surface area contributed by atoms with E-state index in [9.17, 15) is 19.2 Å². The van der Waals surface area contributed by atoms with E-state index in [1.807, 2.05) is 6.92 Å². The number of aldehydes is 3. The summed E-state index contributed by atoms with van der Waals surface area (Å²) < 4.78 is 10.6. The van der Waals surface area contributed by atoms with E-state index in [4.69, 9.17) is 9.47 Å². The Balaban J connectivity index is -0.000000427. The maximum absolute atomic E-state index is 10.6. The van der Waals surface area contributed by atoms with Crippen molar-refractivity contribution in [3.05, 3.63) is 0 Å². The Kier molecular flexibility index (Phi) is 37.1. The van der Waals surface area contributed by atoms with E-state index in [0.717, 1.165) is 57.4 Å². The van der Waals surface area contributed by atoms with Crippen LogP contribution in [-0.2, 0) is 28.7 Å². The van der Waals surface area contributed by atoms with Gasteiger partial charge in [0.05, 0.1) is 0 Å². The van der Waals surface area contributed by atoms with E-state index in [1.54, 1.807) is 6.92 Å². The van der Waals surface area contributed by atoms with Crippen molar-refractivity contribution in [1.82, 2.24) is 0 Å². The van der Waals surface area contributed by atoms with Gasteiger partial charge in [0.1, 0.15) is 24.6 Å². The zero-order valence-corrected chi connectivity index (χ0v) is 18.3. The molecule has 28 heavy (non-hydrogen) atoms. The van der Waals surface area contributed by atoms with Gasteiger partial charge in [-0.3, -0.25) is 0 Å². The highest BCUT2D eigenvalue weighted by molar-refractivity contribution is 5.75. The lowest BCUT2D eigenvalue weighted by atomic mass is 10.2. The van der Waals surface area contributed by atoms with E-state index in [0.29, 0.717) is 45.7 Å². The molecule has 0 saturated heterocycles. The Morgan fingerprint density at radius 1 is 0.643 bits per heavy atom. The smallest absolute Gasteiger partial charge is 0.129 e. The Morgan fingerprint density at radius 3 is 1.57 bits per heavy atom. The number of carbonyl (C=O) groups is 4. The molecule has 0 amide bonds. The normalized spacial score (nSPS) is 9.39. The van der Waals surface area contributed by atoms with Gasteiger partial charge in [-0.05, 0) is 39.0 Å². The first kappa shape index (κ1) is 31.3. The van der Waals surface area contributed by atoms with Gasteiger partial charge in [0.2, 0.25) is 0 Å². The van der Waals surface area contributed by atoms with Crippen molar-refractivity contribution < 1.29 is 28.7 Å². The average molecular weight is 403 g/mol. The van der Waals surface area contributed by atoms with Crippen LogP contribution in [0.25, 0.3) is 0 Å². The number of hydrogen-bond acceptors (Lipinski definition) is 6. The van der Waals surface area contributed by atoms with Gasteiger partial charge < -0.3 is 28.7 Å². The highest BCUT2D eigenvalue weighted by Crippen LogP contribution is 1.95. The van der Waals surface area contributed by atoms with Crippen LogP contribution in [0.4, 0.5) is 0 Å². The van der Waals surface area contributed by atoms with Gasteiger partial charge in [-0.15, -0.1) is 0 Å². The molecule has 0 radical (unpaired) electrons. The monoisotopic (exact) mass is 402 g/mol. The Hall–Kier alpha value is -1.40. The Bertz CT molecular complexity index is 331. The van der Waals surface area contributed by atoms with E-state index in [1.165, 1.54) is 12.8 Å². The van der Waals surface area contributed by atoms with Gasteiger partial charge in [0, 0.05) is 52.1 Å². The fourth-order valence-electron chi connectivity index (χ4n) is 1.75. The van der Waals surface area contributed by atoms with Crippen molar-refractivity contribution in [2.24, 2.45) is 0 Å². The second-order valence-corrected chi connectivity index (χ2v) is 6.31. The van der Waals surface area contributed by atoms with E-state index in [-0.39, 0.29) is 5.78 Å². The molecule has 166 valence electrons. The van der Waals surface area contributed by atoms with Crippen molar-refractivity contribution in [3.8, 4) is 0 Å². The van der Waals surface area contributed by atoms with E-state index >= 15 is 0 Å². The summed E-state index contributed by atoms with van der Waals surface area (Å²) in [4.78, 5) is 39.7. The second kappa shape index (κ2) is 33.2. The van der Waals surface area contributed by atoms with Crippen LogP contribution in [0.3, 0.4) is 0 Å². The minimum Gasteiger partial charge on any atom is -0.381 e. The van der Waals surface area contributed by atoms with Crippen molar-refractivity contribution in [2.45, 2.75) is 91.4 Å².